The Morgan fingerprint density at radius 2 is 2.32 bits per heavy atom. The summed E-state index contributed by atoms with van der Waals surface area (Å²) in [5, 5.41) is 3.55. The fourth-order valence-corrected chi connectivity index (χ4v) is 1.99. The first-order valence-corrected chi connectivity index (χ1v) is 6.17. The minimum absolute atomic E-state index is 0.119. The van der Waals surface area contributed by atoms with Crippen molar-refractivity contribution in [1.82, 2.24) is 10.2 Å². The smallest absolute Gasteiger partial charge is 0.387 e. The van der Waals surface area contributed by atoms with Crippen molar-refractivity contribution in [2.45, 2.75) is 13.2 Å². The van der Waals surface area contributed by atoms with Crippen LogP contribution in [0.15, 0.2) is 23.2 Å². The number of benzene rings is 1. The third kappa shape index (κ3) is 3.70. The van der Waals surface area contributed by atoms with E-state index in [4.69, 9.17) is 11.6 Å². The Bertz CT molecular complexity index is 482. The average molecular weight is 290 g/mol. The molecule has 0 saturated heterocycles. The van der Waals surface area contributed by atoms with E-state index in [-0.39, 0.29) is 5.75 Å². The van der Waals surface area contributed by atoms with Crippen LogP contribution in [0.25, 0.3) is 0 Å². The lowest BCUT2D eigenvalue weighted by Crippen LogP contribution is -2.35. The number of nitrogens with one attached hydrogen (secondary N) is 1. The first kappa shape index (κ1) is 13.9. The number of aliphatic imine (C=N–C) groups is 1. The molecule has 0 radical (unpaired) electrons. The molecule has 0 saturated carbocycles. The van der Waals surface area contributed by atoms with E-state index in [0.717, 1.165) is 19.0 Å². The molecule has 1 aromatic rings. The number of likely N-dealkylation sites (N-methyl/N-ethyl adjacent to an activating group) is 1. The molecular weight excluding hydrogens is 276 g/mol. The molecule has 1 N–H and O–H groups in total. The number of alkyl halides is 2. The number of nitrogens with zero attached hydrogens (tertiary/aromatic N) is 2. The molecule has 1 aliphatic heterocycles. The van der Waals surface area contributed by atoms with Crippen molar-refractivity contribution in [2.24, 2.45) is 4.99 Å². The minimum Gasteiger partial charge on any atom is -0.434 e. The van der Waals surface area contributed by atoms with Gasteiger partial charge in [0.05, 0.1) is 6.54 Å². The Hall–Kier alpha value is -1.56. The first-order valence-electron chi connectivity index (χ1n) is 5.79. The average Bonchev–Trinajstić information content (AvgIpc) is 2.75. The summed E-state index contributed by atoms with van der Waals surface area (Å²) in [5.74, 6) is 0.858. The highest BCUT2D eigenvalue weighted by molar-refractivity contribution is 6.30. The molecule has 104 valence electrons. The summed E-state index contributed by atoms with van der Waals surface area (Å²) in [6.07, 6.45) is 0. The molecule has 4 nitrogen and oxygen atoms in total. The lowest BCUT2D eigenvalue weighted by Gasteiger charge is -2.17. The maximum Gasteiger partial charge on any atom is 0.387 e. The Kier molecular flexibility index (Phi) is 4.42. The number of guanidine groups is 1. The lowest BCUT2D eigenvalue weighted by molar-refractivity contribution is -0.0504. The Labute approximate surface area is 115 Å². The topological polar surface area (TPSA) is 36.9 Å². The van der Waals surface area contributed by atoms with E-state index < -0.39 is 6.61 Å². The summed E-state index contributed by atoms with van der Waals surface area (Å²) in [6.45, 7) is -0.954. The van der Waals surface area contributed by atoms with E-state index >= 15 is 0 Å². The standard InChI is InChI=1S/C12H14ClF2N3O/c1-18-5-4-16-12(18)17-7-8-6-9(13)2-3-10(8)19-11(14)15/h2-3,6,11H,4-5,7H2,1H3,(H,16,17). The molecule has 0 aromatic heterocycles. The molecule has 1 aromatic carbocycles. The van der Waals surface area contributed by atoms with Gasteiger partial charge in [-0.3, -0.25) is 4.99 Å². The molecule has 1 aliphatic rings. The van der Waals surface area contributed by atoms with Crippen molar-refractivity contribution >= 4 is 17.6 Å². The molecule has 0 aliphatic carbocycles. The van der Waals surface area contributed by atoms with Gasteiger partial charge in [0.2, 0.25) is 0 Å². The maximum atomic E-state index is 12.3. The highest BCUT2D eigenvalue weighted by Gasteiger charge is 2.14. The van der Waals surface area contributed by atoms with Gasteiger partial charge in [-0.05, 0) is 18.2 Å². The summed E-state index contributed by atoms with van der Waals surface area (Å²) in [5.41, 5.74) is 0.566. The molecule has 7 heteroatoms. The van der Waals surface area contributed by atoms with Gasteiger partial charge in [-0.15, -0.1) is 0 Å². The molecule has 0 atom stereocenters. The largest absolute Gasteiger partial charge is 0.434 e. The normalized spacial score (nSPS) is 14.8. The van der Waals surface area contributed by atoms with Gasteiger partial charge in [0.25, 0.3) is 0 Å². The number of rotatable bonds is 4. The van der Waals surface area contributed by atoms with Gasteiger partial charge < -0.3 is 15.0 Å². The molecular formula is C12H14ClF2N3O. The maximum absolute atomic E-state index is 12.3. The SMILES string of the molecule is CN1CCN=C1NCc1cc(Cl)ccc1OC(F)F. The van der Waals surface area contributed by atoms with Crippen molar-refractivity contribution in [3.05, 3.63) is 28.8 Å². The van der Waals surface area contributed by atoms with Crippen LogP contribution in [0.2, 0.25) is 5.02 Å². The second-order valence-electron chi connectivity index (χ2n) is 4.11. The quantitative estimate of drug-likeness (QED) is 0.924. The zero-order valence-corrected chi connectivity index (χ0v) is 11.1. The van der Waals surface area contributed by atoms with Crippen LogP contribution >= 0.6 is 11.6 Å². The van der Waals surface area contributed by atoms with Gasteiger partial charge in [-0.2, -0.15) is 8.78 Å². The second-order valence-corrected chi connectivity index (χ2v) is 4.55. The highest BCUT2D eigenvalue weighted by atomic mass is 35.5. The second kappa shape index (κ2) is 6.06. The molecule has 19 heavy (non-hydrogen) atoms. The molecule has 0 unspecified atom stereocenters. The van der Waals surface area contributed by atoms with Crippen LogP contribution < -0.4 is 10.1 Å². The Balaban J connectivity index is 2.07. The van der Waals surface area contributed by atoms with Gasteiger partial charge in [0.15, 0.2) is 5.96 Å². The number of hydrogen-bond donors (Lipinski definition) is 1. The van der Waals surface area contributed by atoms with Gasteiger partial charge in [-0.1, -0.05) is 11.6 Å². The predicted octanol–water partition coefficient (Wildman–Crippen LogP) is 2.33. The van der Waals surface area contributed by atoms with Crippen molar-refractivity contribution in [1.29, 1.82) is 0 Å². The monoisotopic (exact) mass is 289 g/mol. The van der Waals surface area contributed by atoms with Gasteiger partial charge in [0, 0.05) is 30.7 Å². The number of ether oxygens (including phenoxy) is 1. The van der Waals surface area contributed by atoms with E-state index in [1.807, 2.05) is 11.9 Å². The fraction of sp³-hybridized carbons (Fsp3) is 0.417. The fourth-order valence-electron chi connectivity index (χ4n) is 1.79. The molecule has 0 amide bonds. The van der Waals surface area contributed by atoms with Crippen molar-refractivity contribution in [3.63, 3.8) is 0 Å². The highest BCUT2D eigenvalue weighted by Crippen LogP contribution is 2.24. The van der Waals surface area contributed by atoms with E-state index in [1.165, 1.54) is 12.1 Å². The van der Waals surface area contributed by atoms with Crippen LogP contribution in [0, 0.1) is 0 Å². The summed E-state index contributed by atoms with van der Waals surface area (Å²) < 4.78 is 29.1. The van der Waals surface area contributed by atoms with Crippen molar-refractivity contribution < 1.29 is 13.5 Å². The van der Waals surface area contributed by atoms with Crippen molar-refractivity contribution in [3.8, 4) is 5.75 Å². The summed E-state index contributed by atoms with van der Waals surface area (Å²) in [7, 11) is 1.91. The Morgan fingerprint density at radius 1 is 1.53 bits per heavy atom. The molecule has 0 bridgehead atoms. The predicted molar refractivity (Wildman–Crippen MR) is 69.9 cm³/mol. The van der Waals surface area contributed by atoms with E-state index in [1.54, 1.807) is 6.07 Å². The van der Waals surface area contributed by atoms with Crippen LogP contribution in [0.1, 0.15) is 5.56 Å². The van der Waals surface area contributed by atoms with E-state index in [9.17, 15) is 8.78 Å². The van der Waals surface area contributed by atoms with Crippen LogP contribution in [0.3, 0.4) is 0 Å². The summed E-state index contributed by atoms with van der Waals surface area (Å²) in [4.78, 5) is 6.21. The third-order valence-electron chi connectivity index (χ3n) is 2.73. The minimum atomic E-state index is -2.86. The van der Waals surface area contributed by atoms with Gasteiger partial charge in [0.1, 0.15) is 5.75 Å². The summed E-state index contributed by atoms with van der Waals surface area (Å²) in [6, 6.07) is 4.55. The van der Waals surface area contributed by atoms with E-state index in [0.29, 0.717) is 17.1 Å². The first-order chi connectivity index (χ1) is 9.06. The molecule has 2 rings (SSSR count). The van der Waals surface area contributed by atoms with Gasteiger partial charge >= 0.3 is 6.61 Å². The zero-order chi connectivity index (χ0) is 13.8. The lowest BCUT2D eigenvalue weighted by atomic mass is 10.2. The van der Waals surface area contributed by atoms with Gasteiger partial charge in [-0.25, -0.2) is 0 Å². The zero-order valence-electron chi connectivity index (χ0n) is 10.4. The van der Waals surface area contributed by atoms with E-state index in [2.05, 4.69) is 15.0 Å². The third-order valence-corrected chi connectivity index (χ3v) is 2.97. The van der Waals surface area contributed by atoms with Crippen LogP contribution in [0.5, 0.6) is 5.75 Å². The van der Waals surface area contributed by atoms with Crippen molar-refractivity contribution in [2.75, 3.05) is 20.1 Å². The molecule has 0 fully saturated rings. The summed E-state index contributed by atoms with van der Waals surface area (Å²) >= 11 is 5.87. The Morgan fingerprint density at radius 3 is 2.95 bits per heavy atom. The molecule has 1 heterocycles. The van der Waals surface area contributed by atoms with Crippen LogP contribution in [-0.4, -0.2) is 37.6 Å². The van der Waals surface area contributed by atoms with Crippen LogP contribution in [-0.2, 0) is 6.54 Å². The van der Waals surface area contributed by atoms with Crippen LogP contribution in [0.4, 0.5) is 8.78 Å². The molecule has 0 spiro atoms. The number of hydrogen-bond acceptors (Lipinski definition) is 4. The number of halogens is 3.